The van der Waals surface area contributed by atoms with Crippen LogP contribution in [0.3, 0.4) is 0 Å². The molecule has 1 heteroatoms. The lowest BCUT2D eigenvalue weighted by molar-refractivity contribution is 0.591. The summed E-state index contributed by atoms with van der Waals surface area (Å²) in [4.78, 5) is 0. The Labute approximate surface area is 50.9 Å². The number of hydrogen-bond acceptors (Lipinski definition) is 1. The van der Waals surface area contributed by atoms with Crippen LogP contribution in [0.5, 0.6) is 0 Å². The van der Waals surface area contributed by atoms with Crippen LogP contribution in [-0.4, -0.2) is 5.71 Å². The van der Waals surface area contributed by atoms with E-state index in [4.69, 9.17) is 5.41 Å². The summed E-state index contributed by atoms with van der Waals surface area (Å²) in [5.41, 5.74) is 0.569. The highest BCUT2D eigenvalue weighted by Gasteiger charge is 2.12. The molecule has 0 radical (unpaired) electrons. The molecule has 0 rings (SSSR count). The molecule has 1 nitrogen and oxygen atoms in total. The Morgan fingerprint density at radius 1 is 1.50 bits per heavy atom. The fraction of sp³-hybridized carbons (Fsp3) is 0.571. The SMILES string of the molecule is C=CC(=N)C(C)(C)C. The number of allylic oxidation sites excluding steroid dienone is 1. The zero-order valence-electron chi connectivity index (χ0n) is 5.78. The monoisotopic (exact) mass is 111 g/mol. The molecule has 0 aliphatic carbocycles. The van der Waals surface area contributed by atoms with Gasteiger partial charge in [0.1, 0.15) is 0 Å². The van der Waals surface area contributed by atoms with Crippen molar-refractivity contribution in [2.75, 3.05) is 0 Å². The van der Waals surface area contributed by atoms with Gasteiger partial charge < -0.3 is 5.41 Å². The first-order valence-corrected chi connectivity index (χ1v) is 2.70. The van der Waals surface area contributed by atoms with Crippen LogP contribution in [0.2, 0.25) is 0 Å². The van der Waals surface area contributed by atoms with Crippen molar-refractivity contribution in [2.45, 2.75) is 20.8 Å². The molecule has 0 aliphatic heterocycles. The average Bonchev–Trinajstić information content (AvgIpc) is 1.62. The van der Waals surface area contributed by atoms with Gasteiger partial charge in [-0.3, -0.25) is 0 Å². The van der Waals surface area contributed by atoms with E-state index in [2.05, 4.69) is 6.58 Å². The maximum atomic E-state index is 7.27. The van der Waals surface area contributed by atoms with Gasteiger partial charge in [-0.2, -0.15) is 0 Å². The summed E-state index contributed by atoms with van der Waals surface area (Å²) in [6.45, 7) is 9.49. The smallest absolute Gasteiger partial charge is 0.0361 e. The summed E-state index contributed by atoms with van der Waals surface area (Å²) in [5, 5.41) is 7.27. The van der Waals surface area contributed by atoms with Crippen molar-refractivity contribution in [3.05, 3.63) is 12.7 Å². The van der Waals surface area contributed by atoms with Gasteiger partial charge in [-0.15, -0.1) is 0 Å². The summed E-state index contributed by atoms with van der Waals surface area (Å²) < 4.78 is 0. The van der Waals surface area contributed by atoms with Gasteiger partial charge in [0, 0.05) is 11.1 Å². The van der Waals surface area contributed by atoms with Gasteiger partial charge in [-0.25, -0.2) is 0 Å². The third kappa shape index (κ3) is 1.92. The van der Waals surface area contributed by atoms with Crippen molar-refractivity contribution in [1.82, 2.24) is 0 Å². The molecule has 0 amide bonds. The van der Waals surface area contributed by atoms with Gasteiger partial charge in [0.15, 0.2) is 0 Å². The third-order valence-electron chi connectivity index (χ3n) is 1.01. The van der Waals surface area contributed by atoms with Gasteiger partial charge >= 0.3 is 0 Å². The van der Waals surface area contributed by atoms with Gasteiger partial charge in [-0.1, -0.05) is 27.4 Å². The normalized spacial score (nSPS) is 10.9. The lowest BCUT2D eigenvalue weighted by Crippen LogP contribution is -2.15. The molecule has 46 valence electrons. The van der Waals surface area contributed by atoms with Crippen LogP contribution in [-0.2, 0) is 0 Å². The first-order valence-electron chi connectivity index (χ1n) is 2.70. The van der Waals surface area contributed by atoms with E-state index in [1.54, 1.807) is 6.08 Å². The maximum absolute atomic E-state index is 7.27. The van der Waals surface area contributed by atoms with Crippen LogP contribution in [0.15, 0.2) is 12.7 Å². The maximum Gasteiger partial charge on any atom is 0.0361 e. The molecule has 0 atom stereocenters. The Morgan fingerprint density at radius 2 is 1.88 bits per heavy atom. The van der Waals surface area contributed by atoms with Crippen LogP contribution in [0.1, 0.15) is 20.8 Å². The molecule has 0 heterocycles. The predicted molar refractivity (Wildman–Crippen MR) is 37.4 cm³/mol. The summed E-state index contributed by atoms with van der Waals surface area (Å²) in [6, 6.07) is 0. The van der Waals surface area contributed by atoms with E-state index in [1.807, 2.05) is 20.8 Å². The van der Waals surface area contributed by atoms with Crippen molar-refractivity contribution in [3.63, 3.8) is 0 Å². The molecule has 8 heavy (non-hydrogen) atoms. The van der Waals surface area contributed by atoms with Crippen LogP contribution in [0.25, 0.3) is 0 Å². The molecule has 0 saturated heterocycles. The third-order valence-corrected chi connectivity index (χ3v) is 1.01. The minimum absolute atomic E-state index is 0.0260. The summed E-state index contributed by atoms with van der Waals surface area (Å²) in [5.74, 6) is 0. The van der Waals surface area contributed by atoms with Crippen LogP contribution >= 0.6 is 0 Å². The lowest BCUT2D eigenvalue weighted by atomic mass is 9.90. The Morgan fingerprint density at radius 3 is 1.88 bits per heavy atom. The van der Waals surface area contributed by atoms with E-state index in [9.17, 15) is 0 Å². The largest absolute Gasteiger partial charge is 0.305 e. The Bertz CT molecular complexity index is 106. The van der Waals surface area contributed by atoms with Crippen molar-refractivity contribution < 1.29 is 0 Å². The average molecular weight is 111 g/mol. The number of rotatable bonds is 1. The van der Waals surface area contributed by atoms with E-state index in [1.165, 1.54) is 0 Å². The van der Waals surface area contributed by atoms with Gasteiger partial charge in [0.25, 0.3) is 0 Å². The second-order valence-electron chi connectivity index (χ2n) is 2.87. The molecule has 0 aliphatic rings. The fourth-order valence-electron chi connectivity index (χ4n) is 0.306. The Hall–Kier alpha value is -0.590. The first-order chi connectivity index (χ1) is 3.48. The van der Waals surface area contributed by atoms with E-state index >= 15 is 0 Å². The molecule has 0 aromatic heterocycles. The van der Waals surface area contributed by atoms with E-state index in [-0.39, 0.29) is 5.41 Å². The molecule has 0 unspecified atom stereocenters. The highest BCUT2D eigenvalue weighted by molar-refractivity contribution is 5.95. The molecule has 0 bridgehead atoms. The quantitative estimate of drug-likeness (QED) is 0.502. The van der Waals surface area contributed by atoms with Crippen LogP contribution in [0.4, 0.5) is 0 Å². The van der Waals surface area contributed by atoms with E-state index in [0.29, 0.717) is 5.71 Å². The molecule has 0 saturated carbocycles. The Kier molecular flexibility index (Phi) is 1.96. The summed E-state index contributed by atoms with van der Waals surface area (Å²) in [6.07, 6.45) is 1.58. The summed E-state index contributed by atoms with van der Waals surface area (Å²) in [7, 11) is 0. The standard InChI is InChI=1S/C7H13N/c1-5-6(8)7(2,3)4/h5,8H,1H2,2-4H3. The van der Waals surface area contributed by atoms with Gasteiger partial charge in [0.2, 0.25) is 0 Å². The molecular formula is C7H13N. The van der Waals surface area contributed by atoms with E-state index in [0.717, 1.165) is 0 Å². The topological polar surface area (TPSA) is 23.9 Å². The summed E-state index contributed by atoms with van der Waals surface area (Å²) >= 11 is 0. The fourth-order valence-corrected chi connectivity index (χ4v) is 0.306. The lowest BCUT2D eigenvalue weighted by Gasteiger charge is -2.15. The zero-order valence-corrected chi connectivity index (χ0v) is 5.78. The number of nitrogens with one attached hydrogen (secondary N) is 1. The molecule has 0 aromatic carbocycles. The van der Waals surface area contributed by atoms with Gasteiger partial charge in [0.05, 0.1) is 0 Å². The highest BCUT2D eigenvalue weighted by atomic mass is 14.4. The second kappa shape index (κ2) is 2.12. The molecule has 0 spiro atoms. The molecular weight excluding hydrogens is 98.1 g/mol. The molecule has 0 aromatic rings. The molecule has 0 fully saturated rings. The highest BCUT2D eigenvalue weighted by Crippen LogP contribution is 2.14. The van der Waals surface area contributed by atoms with E-state index < -0.39 is 0 Å². The van der Waals surface area contributed by atoms with Crippen molar-refractivity contribution in [1.29, 1.82) is 5.41 Å². The minimum atomic E-state index is -0.0260. The zero-order chi connectivity index (χ0) is 6.78. The predicted octanol–water partition coefficient (Wildman–Crippen LogP) is 2.24. The minimum Gasteiger partial charge on any atom is -0.305 e. The van der Waals surface area contributed by atoms with Gasteiger partial charge in [-0.05, 0) is 6.08 Å². The van der Waals surface area contributed by atoms with Crippen molar-refractivity contribution in [2.24, 2.45) is 5.41 Å². The van der Waals surface area contributed by atoms with Crippen LogP contribution in [0, 0.1) is 10.8 Å². The number of hydrogen-bond donors (Lipinski definition) is 1. The first kappa shape index (κ1) is 7.41. The van der Waals surface area contributed by atoms with Crippen molar-refractivity contribution >= 4 is 5.71 Å². The van der Waals surface area contributed by atoms with Crippen LogP contribution < -0.4 is 0 Å². The molecule has 1 N–H and O–H groups in total. The van der Waals surface area contributed by atoms with Crippen molar-refractivity contribution in [3.8, 4) is 0 Å². The Balaban J connectivity index is 4.02. The second-order valence-corrected chi connectivity index (χ2v) is 2.87.